The summed E-state index contributed by atoms with van der Waals surface area (Å²) in [6.07, 6.45) is 5.11. The smallest absolute Gasteiger partial charge is 0.274 e. The average molecular weight is 246 g/mol. The highest BCUT2D eigenvalue weighted by Crippen LogP contribution is 2.18. The Kier molecular flexibility index (Phi) is 2.93. The Morgan fingerprint density at radius 2 is 2.39 bits per heavy atom. The number of fused-ring (bicyclic) bond motifs is 1. The Morgan fingerprint density at radius 1 is 1.44 bits per heavy atom. The molecular formula is C12H14N4O2. The molecule has 1 saturated heterocycles. The van der Waals surface area contributed by atoms with Gasteiger partial charge in [0.05, 0.1) is 12.6 Å². The van der Waals surface area contributed by atoms with Gasteiger partial charge >= 0.3 is 0 Å². The van der Waals surface area contributed by atoms with Gasteiger partial charge in [-0.1, -0.05) is 0 Å². The zero-order valence-corrected chi connectivity index (χ0v) is 9.85. The fourth-order valence-corrected chi connectivity index (χ4v) is 2.17. The molecule has 0 saturated carbocycles. The molecular weight excluding hydrogens is 232 g/mol. The van der Waals surface area contributed by atoms with Crippen molar-refractivity contribution in [3.63, 3.8) is 0 Å². The Morgan fingerprint density at radius 3 is 3.22 bits per heavy atom. The summed E-state index contributed by atoms with van der Waals surface area (Å²) in [4.78, 5) is 22.5. The first-order chi connectivity index (χ1) is 8.84. The maximum absolute atomic E-state index is 11.6. The second-order valence-electron chi connectivity index (χ2n) is 4.35. The van der Waals surface area contributed by atoms with Gasteiger partial charge in [0.1, 0.15) is 17.7 Å². The second kappa shape index (κ2) is 4.73. The van der Waals surface area contributed by atoms with Crippen molar-refractivity contribution in [1.82, 2.24) is 15.0 Å². The highest BCUT2D eigenvalue weighted by atomic mass is 16.5. The summed E-state index contributed by atoms with van der Waals surface area (Å²) in [6.45, 7) is 1.50. The quantitative estimate of drug-likeness (QED) is 0.823. The van der Waals surface area contributed by atoms with E-state index in [0.717, 1.165) is 24.8 Å². The predicted octanol–water partition coefficient (Wildman–Crippen LogP) is 0.909. The number of nitrogens with zero attached hydrogens (tertiary/aromatic N) is 2. The lowest BCUT2D eigenvalue weighted by Crippen LogP contribution is -2.30. The summed E-state index contributed by atoms with van der Waals surface area (Å²) in [5, 5.41) is 4.06. The summed E-state index contributed by atoms with van der Waals surface area (Å²) in [5.74, 6) is 0.696. The molecule has 0 unspecified atom stereocenters. The number of aromatic nitrogens is 3. The molecule has 94 valence electrons. The van der Waals surface area contributed by atoms with Crippen LogP contribution in [0.4, 0.5) is 5.82 Å². The molecule has 0 spiro atoms. The molecule has 0 aliphatic carbocycles. The lowest BCUT2D eigenvalue weighted by Gasteiger charge is -2.23. The van der Waals surface area contributed by atoms with Crippen LogP contribution in [-0.2, 0) is 4.74 Å². The maximum atomic E-state index is 11.6. The molecule has 0 radical (unpaired) electrons. The molecule has 0 amide bonds. The molecule has 6 nitrogen and oxygen atoms in total. The lowest BCUT2D eigenvalue weighted by molar-refractivity contribution is 0.0875. The Balaban J connectivity index is 1.96. The number of pyridine rings is 1. The van der Waals surface area contributed by atoms with Crippen LogP contribution in [-0.4, -0.2) is 34.2 Å². The summed E-state index contributed by atoms with van der Waals surface area (Å²) in [7, 11) is 0. The van der Waals surface area contributed by atoms with E-state index in [1.807, 2.05) is 6.07 Å². The number of rotatable bonds is 2. The number of ether oxygens (including phenoxy) is 1. The molecule has 1 aliphatic heterocycles. The topological polar surface area (TPSA) is 79.9 Å². The molecule has 6 heteroatoms. The summed E-state index contributed by atoms with van der Waals surface area (Å²) in [6, 6.07) is 2.05. The molecule has 1 atom stereocenters. The Hall–Kier alpha value is -1.95. The van der Waals surface area contributed by atoms with Crippen molar-refractivity contribution in [3.8, 4) is 0 Å². The van der Waals surface area contributed by atoms with E-state index >= 15 is 0 Å². The van der Waals surface area contributed by atoms with Crippen LogP contribution in [0.2, 0.25) is 0 Å². The van der Waals surface area contributed by atoms with E-state index < -0.39 is 0 Å². The first kappa shape index (κ1) is 11.2. The molecule has 3 heterocycles. The van der Waals surface area contributed by atoms with Crippen LogP contribution in [0.1, 0.15) is 12.8 Å². The lowest BCUT2D eigenvalue weighted by atomic mass is 10.1. The summed E-state index contributed by atoms with van der Waals surface area (Å²) < 4.78 is 5.42. The molecule has 3 rings (SSSR count). The highest BCUT2D eigenvalue weighted by molar-refractivity contribution is 5.87. The van der Waals surface area contributed by atoms with Gasteiger partial charge in [0.2, 0.25) is 0 Å². The van der Waals surface area contributed by atoms with Crippen molar-refractivity contribution in [1.29, 1.82) is 0 Å². The SMILES string of the molecule is O=c1[nH]ccc2c(N[C@@H]3CCCOC3)ncnc12. The van der Waals surface area contributed by atoms with E-state index in [1.165, 1.54) is 6.33 Å². The largest absolute Gasteiger partial charge is 0.379 e. The van der Waals surface area contributed by atoms with E-state index in [4.69, 9.17) is 4.74 Å². The van der Waals surface area contributed by atoms with Gasteiger partial charge in [0.25, 0.3) is 5.56 Å². The van der Waals surface area contributed by atoms with Crippen LogP contribution in [0.25, 0.3) is 10.9 Å². The molecule has 1 fully saturated rings. The zero-order chi connectivity index (χ0) is 12.4. The fourth-order valence-electron chi connectivity index (χ4n) is 2.17. The van der Waals surface area contributed by atoms with E-state index in [2.05, 4.69) is 20.3 Å². The predicted molar refractivity (Wildman–Crippen MR) is 67.6 cm³/mol. The van der Waals surface area contributed by atoms with E-state index in [-0.39, 0.29) is 11.6 Å². The molecule has 2 aromatic rings. The van der Waals surface area contributed by atoms with Crippen molar-refractivity contribution in [3.05, 3.63) is 28.9 Å². The number of aromatic amines is 1. The third kappa shape index (κ3) is 2.06. The van der Waals surface area contributed by atoms with Crippen LogP contribution in [0.15, 0.2) is 23.4 Å². The van der Waals surface area contributed by atoms with E-state index in [0.29, 0.717) is 17.9 Å². The van der Waals surface area contributed by atoms with Crippen molar-refractivity contribution in [2.24, 2.45) is 0 Å². The van der Waals surface area contributed by atoms with Crippen LogP contribution >= 0.6 is 0 Å². The first-order valence-corrected chi connectivity index (χ1v) is 6.01. The average Bonchev–Trinajstić information content (AvgIpc) is 2.41. The van der Waals surface area contributed by atoms with Crippen LogP contribution in [0, 0.1) is 0 Å². The van der Waals surface area contributed by atoms with Crippen molar-refractivity contribution < 1.29 is 4.74 Å². The number of H-pyrrole nitrogens is 1. The monoisotopic (exact) mass is 246 g/mol. The summed E-state index contributed by atoms with van der Waals surface area (Å²) >= 11 is 0. The van der Waals surface area contributed by atoms with Crippen molar-refractivity contribution in [2.45, 2.75) is 18.9 Å². The van der Waals surface area contributed by atoms with Crippen LogP contribution in [0.3, 0.4) is 0 Å². The van der Waals surface area contributed by atoms with Gasteiger partial charge in [0, 0.05) is 18.2 Å². The fraction of sp³-hybridized carbons (Fsp3) is 0.417. The number of anilines is 1. The molecule has 2 N–H and O–H groups in total. The highest BCUT2D eigenvalue weighted by Gasteiger charge is 2.15. The summed E-state index contributed by atoms with van der Waals surface area (Å²) in [5.41, 5.74) is 0.213. The zero-order valence-electron chi connectivity index (χ0n) is 9.85. The number of hydrogen-bond donors (Lipinski definition) is 2. The molecule has 2 aromatic heterocycles. The molecule has 1 aliphatic rings. The van der Waals surface area contributed by atoms with Gasteiger partial charge in [-0.2, -0.15) is 0 Å². The standard InChI is InChI=1S/C12H14N4O2/c17-12-10-9(3-4-13-12)11(15-7-14-10)16-8-2-1-5-18-6-8/h3-4,7-8H,1-2,5-6H2,(H,13,17)(H,14,15,16)/t8-/m1/s1. The minimum absolute atomic E-state index is 0.196. The van der Waals surface area contributed by atoms with Crippen LogP contribution in [0.5, 0.6) is 0 Å². The maximum Gasteiger partial charge on any atom is 0.274 e. The third-order valence-electron chi connectivity index (χ3n) is 3.06. The van der Waals surface area contributed by atoms with E-state index in [9.17, 15) is 4.79 Å². The van der Waals surface area contributed by atoms with Crippen molar-refractivity contribution >= 4 is 16.7 Å². The molecule has 0 bridgehead atoms. The van der Waals surface area contributed by atoms with E-state index in [1.54, 1.807) is 6.20 Å². The van der Waals surface area contributed by atoms with Gasteiger partial charge < -0.3 is 15.0 Å². The van der Waals surface area contributed by atoms with Gasteiger partial charge in [-0.25, -0.2) is 9.97 Å². The molecule has 0 aromatic carbocycles. The third-order valence-corrected chi connectivity index (χ3v) is 3.06. The Bertz CT molecular complexity index is 604. The molecule has 18 heavy (non-hydrogen) atoms. The number of hydrogen-bond acceptors (Lipinski definition) is 5. The van der Waals surface area contributed by atoms with Crippen molar-refractivity contribution in [2.75, 3.05) is 18.5 Å². The number of nitrogens with one attached hydrogen (secondary N) is 2. The second-order valence-corrected chi connectivity index (χ2v) is 4.35. The minimum atomic E-state index is -0.196. The van der Waals surface area contributed by atoms with Gasteiger partial charge in [-0.05, 0) is 18.9 Å². The first-order valence-electron chi connectivity index (χ1n) is 6.01. The van der Waals surface area contributed by atoms with Crippen LogP contribution < -0.4 is 10.9 Å². The van der Waals surface area contributed by atoms with Gasteiger partial charge in [-0.3, -0.25) is 4.79 Å². The van der Waals surface area contributed by atoms with Gasteiger partial charge in [-0.15, -0.1) is 0 Å². The minimum Gasteiger partial charge on any atom is -0.379 e. The van der Waals surface area contributed by atoms with Gasteiger partial charge in [0.15, 0.2) is 0 Å². The normalized spacial score (nSPS) is 19.9. The Labute approximate surface area is 103 Å².